The van der Waals surface area contributed by atoms with E-state index in [0.29, 0.717) is 6.42 Å². The Morgan fingerprint density at radius 3 is 1.75 bits per heavy atom. The zero-order valence-electron chi connectivity index (χ0n) is 14.8. The second-order valence-corrected chi connectivity index (χ2v) is 6.28. The Morgan fingerprint density at radius 1 is 0.833 bits per heavy atom. The largest absolute Gasteiger partial charge is 0.480 e. The fraction of sp³-hybridized carbons (Fsp3) is 0.733. The molecule has 9 nitrogen and oxygen atoms in total. The van der Waals surface area contributed by atoms with E-state index >= 15 is 0 Å². The Hall–Kier alpha value is -2.16. The number of nitrogens with one attached hydrogen (secondary N) is 3. The van der Waals surface area contributed by atoms with Crippen molar-refractivity contribution in [2.45, 2.75) is 65.2 Å². The van der Waals surface area contributed by atoms with E-state index in [9.17, 15) is 19.2 Å². The van der Waals surface area contributed by atoms with E-state index in [1.165, 1.54) is 20.8 Å². The molecular weight excluding hydrogens is 316 g/mol. The fourth-order valence-corrected chi connectivity index (χ4v) is 1.79. The van der Waals surface area contributed by atoms with Gasteiger partial charge in [0.15, 0.2) is 0 Å². The van der Waals surface area contributed by atoms with E-state index in [4.69, 9.17) is 10.8 Å². The first-order valence-corrected chi connectivity index (χ1v) is 7.85. The van der Waals surface area contributed by atoms with Gasteiger partial charge in [-0.25, -0.2) is 0 Å². The monoisotopic (exact) mass is 344 g/mol. The van der Waals surface area contributed by atoms with E-state index in [1.54, 1.807) is 0 Å². The molecule has 0 aromatic carbocycles. The number of carboxylic acids is 1. The summed E-state index contributed by atoms with van der Waals surface area (Å²) in [7, 11) is 0. The lowest BCUT2D eigenvalue weighted by Gasteiger charge is -2.23. The van der Waals surface area contributed by atoms with Crippen LogP contribution >= 0.6 is 0 Å². The molecule has 0 saturated heterocycles. The van der Waals surface area contributed by atoms with E-state index in [-0.39, 0.29) is 5.92 Å². The Kier molecular flexibility index (Phi) is 8.97. The number of rotatable bonds is 9. The van der Waals surface area contributed by atoms with E-state index in [1.807, 2.05) is 13.8 Å². The second-order valence-electron chi connectivity index (χ2n) is 6.28. The molecule has 0 heterocycles. The zero-order valence-corrected chi connectivity index (χ0v) is 14.8. The smallest absolute Gasteiger partial charge is 0.325 e. The van der Waals surface area contributed by atoms with Crippen molar-refractivity contribution < 1.29 is 24.3 Å². The van der Waals surface area contributed by atoms with Gasteiger partial charge in [0.2, 0.25) is 17.7 Å². The summed E-state index contributed by atoms with van der Waals surface area (Å²) in [5.41, 5.74) is 5.48. The molecule has 3 amide bonds. The maximum absolute atomic E-state index is 12.3. The van der Waals surface area contributed by atoms with Gasteiger partial charge < -0.3 is 26.8 Å². The van der Waals surface area contributed by atoms with Gasteiger partial charge in [-0.05, 0) is 33.1 Å². The molecule has 6 N–H and O–H groups in total. The number of hydrogen-bond acceptors (Lipinski definition) is 5. The van der Waals surface area contributed by atoms with Crippen molar-refractivity contribution in [3.63, 3.8) is 0 Å². The van der Waals surface area contributed by atoms with Crippen molar-refractivity contribution in [2.24, 2.45) is 11.7 Å². The molecule has 0 aliphatic carbocycles. The van der Waals surface area contributed by atoms with Crippen LogP contribution in [0.1, 0.15) is 41.0 Å². The molecule has 0 aliphatic rings. The molecule has 4 unspecified atom stereocenters. The van der Waals surface area contributed by atoms with Gasteiger partial charge in [-0.1, -0.05) is 13.8 Å². The number of amides is 3. The summed E-state index contributed by atoms with van der Waals surface area (Å²) in [6.07, 6.45) is 0.379. The molecule has 0 spiro atoms. The maximum Gasteiger partial charge on any atom is 0.325 e. The molecule has 0 saturated carbocycles. The standard InChI is InChI=1S/C15H28N4O5/c1-7(2)6-11(19-12(20)8(3)16)14(22)17-9(4)13(21)18-10(5)15(23)24/h7-11H,6,16H2,1-5H3,(H,17,22)(H,18,21)(H,19,20)(H,23,24). The Balaban J connectivity index is 4.82. The summed E-state index contributed by atoms with van der Waals surface area (Å²) < 4.78 is 0. The van der Waals surface area contributed by atoms with Crippen molar-refractivity contribution in [2.75, 3.05) is 0 Å². The van der Waals surface area contributed by atoms with Crippen LogP contribution in [0.15, 0.2) is 0 Å². The molecule has 138 valence electrons. The van der Waals surface area contributed by atoms with Crippen LogP contribution in [0.5, 0.6) is 0 Å². The van der Waals surface area contributed by atoms with Crippen molar-refractivity contribution >= 4 is 23.7 Å². The molecule has 0 aliphatic heterocycles. The molecule has 0 aromatic rings. The Bertz CT molecular complexity index is 478. The summed E-state index contributed by atoms with van der Waals surface area (Å²) in [5, 5.41) is 16.1. The molecule has 9 heteroatoms. The van der Waals surface area contributed by atoms with E-state index in [2.05, 4.69) is 16.0 Å². The highest BCUT2D eigenvalue weighted by molar-refractivity contribution is 5.93. The first kappa shape index (κ1) is 21.8. The Labute approximate surface area is 141 Å². The summed E-state index contributed by atoms with van der Waals surface area (Å²) in [5.74, 6) is -2.66. The van der Waals surface area contributed by atoms with Crippen LogP contribution in [-0.4, -0.2) is 53.0 Å². The molecular formula is C15H28N4O5. The van der Waals surface area contributed by atoms with Crippen LogP contribution in [0.4, 0.5) is 0 Å². The van der Waals surface area contributed by atoms with Crippen molar-refractivity contribution in [1.82, 2.24) is 16.0 Å². The van der Waals surface area contributed by atoms with Crippen LogP contribution in [0, 0.1) is 5.92 Å². The summed E-state index contributed by atoms with van der Waals surface area (Å²) in [6, 6.07) is -3.59. The zero-order chi connectivity index (χ0) is 19.0. The van der Waals surface area contributed by atoms with Gasteiger partial charge in [0, 0.05) is 0 Å². The number of aliphatic carboxylic acids is 1. The van der Waals surface area contributed by atoms with Crippen LogP contribution in [0.3, 0.4) is 0 Å². The second kappa shape index (κ2) is 9.86. The molecule has 0 radical (unpaired) electrons. The van der Waals surface area contributed by atoms with Gasteiger partial charge in [-0.3, -0.25) is 19.2 Å². The first-order valence-electron chi connectivity index (χ1n) is 7.85. The summed E-state index contributed by atoms with van der Waals surface area (Å²) in [4.78, 5) is 46.6. The lowest BCUT2D eigenvalue weighted by molar-refractivity contribution is -0.141. The van der Waals surface area contributed by atoms with Gasteiger partial charge in [0.25, 0.3) is 0 Å². The van der Waals surface area contributed by atoms with Crippen LogP contribution in [-0.2, 0) is 19.2 Å². The van der Waals surface area contributed by atoms with Gasteiger partial charge in [0.05, 0.1) is 6.04 Å². The molecule has 0 rings (SSSR count). The van der Waals surface area contributed by atoms with E-state index < -0.39 is 47.9 Å². The fourth-order valence-electron chi connectivity index (χ4n) is 1.79. The highest BCUT2D eigenvalue weighted by Gasteiger charge is 2.27. The highest BCUT2D eigenvalue weighted by atomic mass is 16.4. The number of carboxylic acid groups (broad SMARTS) is 1. The molecule has 0 bridgehead atoms. The van der Waals surface area contributed by atoms with Gasteiger partial charge in [-0.2, -0.15) is 0 Å². The third-order valence-corrected chi connectivity index (χ3v) is 3.23. The van der Waals surface area contributed by atoms with Gasteiger partial charge >= 0.3 is 5.97 Å². The van der Waals surface area contributed by atoms with Gasteiger partial charge in [-0.15, -0.1) is 0 Å². The minimum absolute atomic E-state index is 0.130. The highest BCUT2D eigenvalue weighted by Crippen LogP contribution is 2.06. The minimum Gasteiger partial charge on any atom is -0.480 e. The van der Waals surface area contributed by atoms with Crippen LogP contribution in [0.2, 0.25) is 0 Å². The normalized spacial score (nSPS) is 15.8. The average molecular weight is 344 g/mol. The van der Waals surface area contributed by atoms with Crippen molar-refractivity contribution in [1.29, 1.82) is 0 Å². The van der Waals surface area contributed by atoms with E-state index in [0.717, 1.165) is 0 Å². The lowest BCUT2D eigenvalue weighted by atomic mass is 10.0. The number of carbonyl (C=O) groups excluding carboxylic acids is 3. The molecule has 0 fully saturated rings. The SMILES string of the molecule is CC(C)CC(NC(=O)C(C)N)C(=O)NC(C)C(=O)NC(C)C(=O)O. The average Bonchev–Trinajstić information content (AvgIpc) is 2.45. The number of hydrogen-bond donors (Lipinski definition) is 5. The predicted molar refractivity (Wildman–Crippen MR) is 87.9 cm³/mol. The maximum atomic E-state index is 12.3. The minimum atomic E-state index is -1.18. The van der Waals surface area contributed by atoms with Crippen LogP contribution < -0.4 is 21.7 Å². The first-order chi connectivity index (χ1) is 11.0. The molecule has 24 heavy (non-hydrogen) atoms. The van der Waals surface area contributed by atoms with Crippen molar-refractivity contribution in [3.05, 3.63) is 0 Å². The molecule has 0 aromatic heterocycles. The van der Waals surface area contributed by atoms with Gasteiger partial charge in [0.1, 0.15) is 18.1 Å². The predicted octanol–water partition coefficient (Wildman–Crippen LogP) is -1.04. The molecule has 4 atom stereocenters. The third kappa shape index (κ3) is 7.91. The van der Waals surface area contributed by atoms with Crippen LogP contribution in [0.25, 0.3) is 0 Å². The quantitative estimate of drug-likeness (QED) is 0.360. The summed E-state index contributed by atoms with van der Waals surface area (Å²) in [6.45, 7) is 8.04. The summed E-state index contributed by atoms with van der Waals surface area (Å²) >= 11 is 0. The topological polar surface area (TPSA) is 151 Å². The number of carbonyl (C=O) groups is 4. The lowest BCUT2D eigenvalue weighted by Crippen LogP contribution is -2.56. The van der Waals surface area contributed by atoms with Crippen molar-refractivity contribution in [3.8, 4) is 0 Å². The number of nitrogens with two attached hydrogens (primary N) is 1. The Morgan fingerprint density at radius 2 is 1.33 bits per heavy atom. The third-order valence-electron chi connectivity index (χ3n) is 3.23.